The van der Waals surface area contributed by atoms with E-state index in [0.717, 1.165) is 80.1 Å². The van der Waals surface area contributed by atoms with Crippen LogP contribution in [0.4, 0.5) is 11.8 Å². The van der Waals surface area contributed by atoms with Crippen LogP contribution in [0.5, 0.6) is 0 Å². The van der Waals surface area contributed by atoms with Crippen molar-refractivity contribution in [2.75, 3.05) is 42.8 Å². The summed E-state index contributed by atoms with van der Waals surface area (Å²) in [5, 5.41) is 3.44. The molecule has 0 saturated carbocycles. The highest BCUT2D eigenvalue weighted by molar-refractivity contribution is 7.91. The lowest BCUT2D eigenvalue weighted by Crippen LogP contribution is -2.27. The van der Waals surface area contributed by atoms with Crippen molar-refractivity contribution in [3.63, 3.8) is 0 Å². The summed E-state index contributed by atoms with van der Waals surface area (Å²) in [5.74, 6) is 2.91. The number of anilines is 2. The van der Waals surface area contributed by atoms with Gasteiger partial charge in [-0.1, -0.05) is 6.92 Å². The largest absolute Gasteiger partial charge is 0.611 e. The highest BCUT2D eigenvalue weighted by Gasteiger charge is 2.32. The van der Waals surface area contributed by atoms with Crippen molar-refractivity contribution in [1.82, 2.24) is 9.97 Å². The van der Waals surface area contributed by atoms with Crippen LogP contribution in [0.25, 0.3) is 0 Å². The molecule has 6 nitrogen and oxygen atoms in total. The third-order valence-corrected chi connectivity index (χ3v) is 6.69. The summed E-state index contributed by atoms with van der Waals surface area (Å²) in [4.78, 5) is 12.4. The zero-order valence-electron chi connectivity index (χ0n) is 15.6. The molecular weight excluding hydrogens is 336 g/mol. The molecule has 2 aliphatic heterocycles. The third-order valence-electron chi connectivity index (χ3n) is 5.23. The van der Waals surface area contributed by atoms with Gasteiger partial charge in [0.25, 0.3) is 0 Å². The molecule has 0 spiro atoms. The molecule has 0 bridgehead atoms. The molecule has 2 unspecified atom stereocenters. The molecule has 1 N–H and O–H groups in total. The Hall–Kier alpha value is -1.05. The van der Waals surface area contributed by atoms with Crippen molar-refractivity contribution >= 4 is 22.9 Å². The van der Waals surface area contributed by atoms with E-state index >= 15 is 0 Å². The number of hydrogen-bond acceptors (Lipinski definition) is 6. The first-order chi connectivity index (χ1) is 12.1. The molecule has 2 aliphatic rings. The van der Waals surface area contributed by atoms with E-state index in [1.807, 2.05) is 0 Å². The lowest BCUT2D eigenvalue weighted by atomic mass is 9.96. The Morgan fingerprint density at radius 1 is 1.36 bits per heavy atom. The van der Waals surface area contributed by atoms with Crippen LogP contribution in [0.15, 0.2) is 4.90 Å². The molecule has 1 aromatic rings. The number of nitrogens with zero attached hydrogens (tertiary/aromatic N) is 3. The van der Waals surface area contributed by atoms with E-state index in [1.165, 1.54) is 0 Å². The van der Waals surface area contributed by atoms with E-state index in [2.05, 4.69) is 31.1 Å². The van der Waals surface area contributed by atoms with Crippen LogP contribution < -0.4 is 10.2 Å². The fourth-order valence-electron chi connectivity index (χ4n) is 3.30. The zero-order valence-corrected chi connectivity index (χ0v) is 16.4. The second kappa shape index (κ2) is 8.56. The minimum atomic E-state index is -0.977. The van der Waals surface area contributed by atoms with Crippen molar-refractivity contribution in [3.05, 3.63) is 5.69 Å². The topological polar surface area (TPSA) is 73.3 Å². The summed E-state index contributed by atoms with van der Waals surface area (Å²) < 4.78 is 17.8. The van der Waals surface area contributed by atoms with Gasteiger partial charge in [-0.3, -0.25) is 0 Å². The van der Waals surface area contributed by atoms with E-state index in [1.54, 1.807) is 0 Å². The van der Waals surface area contributed by atoms with E-state index in [-0.39, 0.29) is 0 Å². The number of fused-ring (bicyclic) bond motifs is 1. The van der Waals surface area contributed by atoms with Crippen molar-refractivity contribution < 1.29 is 9.29 Å². The second-order valence-electron chi connectivity index (χ2n) is 7.17. The molecule has 0 radical (unpaired) electrons. The summed E-state index contributed by atoms with van der Waals surface area (Å²) in [6.45, 7) is 6.98. The Morgan fingerprint density at radius 3 is 2.84 bits per heavy atom. The quantitative estimate of drug-likeness (QED) is 0.748. The number of aryl methyl sites for hydroxylation is 1. The Morgan fingerprint density at radius 2 is 2.12 bits per heavy atom. The summed E-state index contributed by atoms with van der Waals surface area (Å²) >= 11 is -0.977. The Balaban J connectivity index is 1.73. The number of hydrogen-bond donors (Lipinski definition) is 1. The summed E-state index contributed by atoms with van der Waals surface area (Å²) in [6, 6.07) is 0.303. The maximum Gasteiger partial charge on any atom is 0.227 e. The fraction of sp³-hybridized carbons (Fsp3) is 0.778. The normalized spacial score (nSPS) is 21.8. The van der Waals surface area contributed by atoms with Crippen LogP contribution >= 0.6 is 0 Å². The average molecular weight is 367 g/mol. The highest BCUT2D eigenvalue weighted by Crippen LogP contribution is 2.32. The highest BCUT2D eigenvalue weighted by atomic mass is 32.2. The van der Waals surface area contributed by atoms with Crippen LogP contribution in [-0.2, 0) is 22.3 Å². The number of rotatable bonds is 7. The van der Waals surface area contributed by atoms with E-state index in [4.69, 9.17) is 14.7 Å². The maximum absolute atomic E-state index is 12.3. The first kappa shape index (κ1) is 18.7. The molecule has 1 fully saturated rings. The van der Waals surface area contributed by atoms with Gasteiger partial charge in [-0.2, -0.15) is 4.98 Å². The maximum atomic E-state index is 12.3. The molecule has 1 aromatic heterocycles. The number of ether oxygens (including phenoxy) is 1. The van der Waals surface area contributed by atoms with Crippen LogP contribution in [0.2, 0.25) is 0 Å². The third kappa shape index (κ3) is 4.57. The van der Waals surface area contributed by atoms with Gasteiger partial charge >= 0.3 is 0 Å². The first-order valence-electron chi connectivity index (χ1n) is 9.43. The number of nitrogens with one attached hydrogen (secondary N) is 1. The Kier molecular flexibility index (Phi) is 6.41. The predicted molar refractivity (Wildman–Crippen MR) is 102 cm³/mol. The van der Waals surface area contributed by atoms with E-state index in [9.17, 15) is 4.55 Å². The molecule has 0 amide bonds. The molecule has 0 aromatic carbocycles. The Labute approximate surface area is 153 Å². The molecule has 7 heteroatoms. The average Bonchev–Trinajstić information content (AvgIpc) is 3.01. The van der Waals surface area contributed by atoms with Crippen molar-refractivity contribution in [1.29, 1.82) is 0 Å². The molecule has 3 heterocycles. The summed E-state index contributed by atoms with van der Waals surface area (Å²) in [5.41, 5.74) is 0.951. The van der Waals surface area contributed by atoms with Crippen LogP contribution in [-0.4, -0.2) is 53.1 Å². The SMILES string of the molecule is CCC(C)Nc1nc(N(C)CCC2CCOCC2)nc2c1[S+]([O-])CC2. The Bertz CT molecular complexity index is 580. The predicted octanol–water partition coefficient (Wildman–Crippen LogP) is 2.60. The molecule has 25 heavy (non-hydrogen) atoms. The van der Waals surface area contributed by atoms with E-state index < -0.39 is 11.2 Å². The zero-order chi connectivity index (χ0) is 17.8. The van der Waals surface area contributed by atoms with Gasteiger partial charge in [0.2, 0.25) is 10.8 Å². The van der Waals surface area contributed by atoms with Gasteiger partial charge in [0.15, 0.2) is 5.82 Å². The molecular formula is C18H30N4O2S. The number of aromatic nitrogens is 2. The van der Waals surface area contributed by atoms with Crippen LogP contribution in [0, 0.1) is 5.92 Å². The van der Waals surface area contributed by atoms with E-state index in [0.29, 0.717) is 11.8 Å². The molecule has 2 atom stereocenters. The molecule has 3 rings (SSSR count). The van der Waals surface area contributed by atoms with Crippen molar-refractivity contribution in [2.45, 2.75) is 56.9 Å². The monoisotopic (exact) mass is 366 g/mol. The lowest BCUT2D eigenvalue weighted by molar-refractivity contribution is 0.0645. The fourth-order valence-corrected chi connectivity index (χ4v) is 4.61. The van der Waals surface area contributed by atoms with Crippen molar-refractivity contribution in [3.8, 4) is 0 Å². The minimum Gasteiger partial charge on any atom is -0.611 e. The van der Waals surface area contributed by atoms with Gasteiger partial charge in [-0.15, -0.1) is 0 Å². The van der Waals surface area contributed by atoms with Crippen LogP contribution in [0.1, 0.15) is 45.2 Å². The van der Waals surface area contributed by atoms with Gasteiger partial charge in [0, 0.05) is 39.3 Å². The molecule has 1 saturated heterocycles. The first-order valence-corrected chi connectivity index (χ1v) is 10.7. The smallest absolute Gasteiger partial charge is 0.227 e. The van der Waals surface area contributed by atoms with Gasteiger partial charge in [-0.05, 0) is 49.7 Å². The summed E-state index contributed by atoms with van der Waals surface area (Å²) in [6.07, 6.45) is 5.22. The molecule has 140 valence electrons. The molecule has 0 aliphatic carbocycles. The van der Waals surface area contributed by atoms with Gasteiger partial charge in [0.05, 0.1) is 0 Å². The van der Waals surface area contributed by atoms with Gasteiger partial charge < -0.3 is 19.5 Å². The summed E-state index contributed by atoms with van der Waals surface area (Å²) in [7, 11) is 2.06. The van der Waals surface area contributed by atoms with Crippen LogP contribution in [0.3, 0.4) is 0 Å². The minimum absolute atomic E-state index is 0.303. The standard InChI is InChI=1S/C18H30N4O2S/c1-4-13(2)19-17-16-15(8-12-25(16)23)20-18(21-17)22(3)9-5-14-6-10-24-11-7-14/h13-14H,4-12H2,1-3H3,(H,19,20,21). The lowest BCUT2D eigenvalue weighted by Gasteiger charge is -2.25. The van der Waals surface area contributed by atoms with Crippen molar-refractivity contribution in [2.24, 2.45) is 5.92 Å². The second-order valence-corrected chi connectivity index (χ2v) is 8.67. The van der Waals surface area contributed by atoms with Gasteiger partial charge in [-0.25, -0.2) is 4.98 Å². The van der Waals surface area contributed by atoms with Gasteiger partial charge in [0.1, 0.15) is 11.4 Å².